The van der Waals surface area contributed by atoms with Crippen molar-refractivity contribution in [3.8, 4) is 5.75 Å². The Morgan fingerprint density at radius 2 is 2.00 bits per heavy atom. The van der Waals surface area contributed by atoms with Gasteiger partial charge in [0.25, 0.3) is 0 Å². The summed E-state index contributed by atoms with van der Waals surface area (Å²) in [6.45, 7) is 5.75. The topological polar surface area (TPSA) is 58.6 Å². The number of aliphatic imine (C=N–C) groups is 1. The Bertz CT molecular complexity index is 629. The van der Waals surface area contributed by atoms with E-state index in [4.69, 9.17) is 14.2 Å². The van der Waals surface area contributed by atoms with E-state index in [0.29, 0.717) is 6.61 Å². The molecule has 2 unspecified atom stereocenters. The molecule has 0 amide bonds. The van der Waals surface area contributed by atoms with Crippen LogP contribution < -0.4 is 10.1 Å². The van der Waals surface area contributed by atoms with E-state index in [0.717, 1.165) is 70.4 Å². The van der Waals surface area contributed by atoms with E-state index in [1.54, 1.807) is 0 Å². The molecule has 7 heteroatoms. The second kappa shape index (κ2) is 11.4. The van der Waals surface area contributed by atoms with Gasteiger partial charge in [-0.1, -0.05) is 12.1 Å². The molecule has 7 nitrogen and oxygen atoms in total. The van der Waals surface area contributed by atoms with E-state index >= 15 is 0 Å². The predicted octanol–water partition coefficient (Wildman–Crippen LogP) is 1.97. The Hall–Kier alpha value is -1.83. The summed E-state index contributed by atoms with van der Waals surface area (Å²) in [6.07, 6.45) is 3.61. The summed E-state index contributed by atoms with van der Waals surface area (Å²) in [6, 6.07) is 8.29. The molecular weight excluding hydrogens is 368 g/mol. The van der Waals surface area contributed by atoms with E-state index < -0.39 is 0 Å². The Balaban J connectivity index is 1.44. The van der Waals surface area contributed by atoms with Crippen LogP contribution in [-0.4, -0.2) is 88.6 Å². The molecule has 0 aromatic heterocycles. The van der Waals surface area contributed by atoms with Crippen LogP contribution in [0.2, 0.25) is 0 Å². The van der Waals surface area contributed by atoms with Gasteiger partial charge in [-0.05, 0) is 51.1 Å². The van der Waals surface area contributed by atoms with Crippen molar-refractivity contribution in [2.24, 2.45) is 4.99 Å². The fourth-order valence-corrected chi connectivity index (χ4v) is 3.78. The largest absolute Gasteiger partial charge is 0.494 e. The molecule has 1 N–H and O–H groups in total. The lowest BCUT2D eigenvalue weighted by molar-refractivity contribution is -0.0817. The molecule has 2 fully saturated rings. The number of benzene rings is 1. The molecule has 0 saturated carbocycles. The van der Waals surface area contributed by atoms with Crippen molar-refractivity contribution in [3.05, 3.63) is 29.8 Å². The first kappa shape index (κ1) is 21.9. The minimum atomic E-state index is 0.133. The number of rotatable bonds is 8. The van der Waals surface area contributed by atoms with Crippen LogP contribution >= 0.6 is 0 Å². The third-order valence-electron chi connectivity index (χ3n) is 5.38. The Morgan fingerprint density at radius 3 is 2.69 bits per heavy atom. The smallest absolute Gasteiger partial charge is 0.194 e. The van der Waals surface area contributed by atoms with Gasteiger partial charge in [0.05, 0.1) is 19.3 Å². The summed E-state index contributed by atoms with van der Waals surface area (Å²) in [5.41, 5.74) is 1.20. The minimum Gasteiger partial charge on any atom is -0.494 e. The molecule has 0 radical (unpaired) electrons. The maximum absolute atomic E-state index is 5.95. The van der Waals surface area contributed by atoms with Gasteiger partial charge in [-0.2, -0.15) is 0 Å². The zero-order chi connectivity index (χ0) is 20.5. The van der Waals surface area contributed by atoms with Gasteiger partial charge in [0, 0.05) is 39.8 Å². The predicted molar refractivity (Wildman–Crippen MR) is 116 cm³/mol. The molecule has 1 aromatic rings. The third kappa shape index (κ3) is 6.87. The van der Waals surface area contributed by atoms with Crippen LogP contribution in [0.3, 0.4) is 0 Å². The summed E-state index contributed by atoms with van der Waals surface area (Å²) >= 11 is 0. The SMILES string of the molecule is CN=C(NCc1ccc(OCCCN(C)C)cc1)N1CCOC(C2CCCO2)C1. The molecule has 2 aliphatic heterocycles. The molecule has 162 valence electrons. The number of hydrogen-bond acceptors (Lipinski definition) is 5. The number of hydrogen-bond donors (Lipinski definition) is 1. The summed E-state index contributed by atoms with van der Waals surface area (Å²) in [5.74, 6) is 1.84. The number of nitrogens with zero attached hydrogens (tertiary/aromatic N) is 3. The highest BCUT2D eigenvalue weighted by Crippen LogP contribution is 2.21. The lowest BCUT2D eigenvalue weighted by Crippen LogP contribution is -2.53. The van der Waals surface area contributed by atoms with Crippen LogP contribution in [0.5, 0.6) is 5.75 Å². The first-order chi connectivity index (χ1) is 14.2. The van der Waals surface area contributed by atoms with E-state index in [1.165, 1.54) is 5.56 Å². The Labute approximate surface area is 175 Å². The van der Waals surface area contributed by atoms with Gasteiger partial charge in [0.1, 0.15) is 11.9 Å². The standard InChI is InChI=1S/C22H36N4O3/c1-23-22(26-12-15-29-21(17-26)20-6-4-13-28-20)24-16-18-7-9-19(10-8-18)27-14-5-11-25(2)3/h7-10,20-21H,4-6,11-17H2,1-3H3,(H,23,24). The minimum absolute atomic E-state index is 0.133. The number of ether oxygens (including phenoxy) is 3. The van der Waals surface area contributed by atoms with Crippen molar-refractivity contribution in [3.63, 3.8) is 0 Å². The van der Waals surface area contributed by atoms with Crippen LogP contribution in [0.25, 0.3) is 0 Å². The lowest BCUT2D eigenvalue weighted by atomic mass is 10.1. The van der Waals surface area contributed by atoms with Crippen molar-refractivity contribution in [2.45, 2.75) is 38.0 Å². The molecule has 0 spiro atoms. The van der Waals surface area contributed by atoms with Crippen LogP contribution in [-0.2, 0) is 16.0 Å². The molecule has 0 bridgehead atoms. The second-order valence-electron chi connectivity index (χ2n) is 7.96. The molecule has 1 aromatic carbocycles. The molecule has 29 heavy (non-hydrogen) atoms. The normalized spacial score (nSPS) is 22.9. The summed E-state index contributed by atoms with van der Waals surface area (Å²) in [7, 11) is 5.99. The molecule has 2 atom stereocenters. The quantitative estimate of drug-likeness (QED) is 0.406. The maximum Gasteiger partial charge on any atom is 0.194 e. The van der Waals surface area contributed by atoms with Gasteiger partial charge in [-0.25, -0.2) is 0 Å². The Morgan fingerprint density at radius 1 is 1.21 bits per heavy atom. The number of nitrogens with one attached hydrogen (secondary N) is 1. The van der Waals surface area contributed by atoms with Crippen molar-refractivity contribution >= 4 is 5.96 Å². The first-order valence-electron chi connectivity index (χ1n) is 10.7. The number of morpholine rings is 1. The maximum atomic E-state index is 5.95. The van der Waals surface area contributed by atoms with Crippen LogP contribution in [0.1, 0.15) is 24.8 Å². The molecule has 2 heterocycles. The van der Waals surface area contributed by atoms with Crippen molar-refractivity contribution in [2.75, 3.05) is 60.6 Å². The lowest BCUT2D eigenvalue weighted by Gasteiger charge is -2.37. The highest BCUT2D eigenvalue weighted by molar-refractivity contribution is 5.80. The highest BCUT2D eigenvalue weighted by atomic mass is 16.5. The Kier molecular flexibility index (Phi) is 8.58. The monoisotopic (exact) mass is 404 g/mol. The molecule has 2 saturated heterocycles. The van der Waals surface area contributed by atoms with Crippen molar-refractivity contribution in [1.82, 2.24) is 15.1 Å². The molecule has 2 aliphatic rings. The zero-order valence-electron chi connectivity index (χ0n) is 18.1. The van der Waals surface area contributed by atoms with Gasteiger partial charge < -0.3 is 29.3 Å². The van der Waals surface area contributed by atoms with Crippen molar-refractivity contribution < 1.29 is 14.2 Å². The van der Waals surface area contributed by atoms with Crippen LogP contribution in [0.4, 0.5) is 0 Å². The van der Waals surface area contributed by atoms with E-state index in [9.17, 15) is 0 Å². The molecular formula is C22H36N4O3. The van der Waals surface area contributed by atoms with Crippen molar-refractivity contribution in [1.29, 1.82) is 0 Å². The second-order valence-corrected chi connectivity index (χ2v) is 7.96. The van der Waals surface area contributed by atoms with Gasteiger partial charge in [-0.3, -0.25) is 4.99 Å². The fourth-order valence-electron chi connectivity index (χ4n) is 3.78. The van der Waals surface area contributed by atoms with Gasteiger partial charge in [0.15, 0.2) is 5.96 Å². The molecule has 0 aliphatic carbocycles. The van der Waals surface area contributed by atoms with Gasteiger partial charge in [0.2, 0.25) is 0 Å². The average Bonchev–Trinajstić information content (AvgIpc) is 3.28. The van der Waals surface area contributed by atoms with E-state index in [1.807, 2.05) is 19.2 Å². The van der Waals surface area contributed by atoms with Gasteiger partial charge >= 0.3 is 0 Å². The van der Waals surface area contributed by atoms with Crippen LogP contribution in [0.15, 0.2) is 29.3 Å². The fraction of sp³-hybridized carbons (Fsp3) is 0.682. The van der Waals surface area contributed by atoms with Gasteiger partial charge in [-0.15, -0.1) is 0 Å². The summed E-state index contributed by atoms with van der Waals surface area (Å²) < 4.78 is 17.6. The van der Waals surface area contributed by atoms with Crippen LogP contribution in [0, 0.1) is 0 Å². The van der Waals surface area contributed by atoms with E-state index in [-0.39, 0.29) is 12.2 Å². The summed E-state index contributed by atoms with van der Waals surface area (Å²) in [5, 5.41) is 3.48. The zero-order valence-corrected chi connectivity index (χ0v) is 18.1. The highest BCUT2D eigenvalue weighted by Gasteiger charge is 2.32. The van der Waals surface area contributed by atoms with E-state index in [2.05, 4.69) is 46.3 Å². The molecule has 3 rings (SSSR count). The first-order valence-corrected chi connectivity index (χ1v) is 10.7. The third-order valence-corrected chi connectivity index (χ3v) is 5.38. The average molecular weight is 405 g/mol. The summed E-state index contributed by atoms with van der Waals surface area (Å²) in [4.78, 5) is 8.92. The number of guanidine groups is 1.